The Bertz CT molecular complexity index is 378. The maximum absolute atomic E-state index is 5.41. The smallest absolute Gasteiger partial charge is 0.215 e. The molecule has 1 aromatic rings. The van der Waals surface area contributed by atoms with Crippen molar-refractivity contribution in [3.63, 3.8) is 0 Å². The first-order valence-electron chi connectivity index (χ1n) is 6.67. The number of nitrogens with zero attached hydrogens (tertiary/aromatic N) is 1. The van der Waals surface area contributed by atoms with E-state index >= 15 is 0 Å². The van der Waals surface area contributed by atoms with Crippen LogP contribution in [0.2, 0.25) is 0 Å². The Hall–Kier alpha value is -0.900. The van der Waals surface area contributed by atoms with Gasteiger partial charge >= 0.3 is 0 Å². The van der Waals surface area contributed by atoms with E-state index in [2.05, 4.69) is 16.6 Å². The molecule has 1 saturated carbocycles. The lowest BCUT2D eigenvalue weighted by Crippen LogP contribution is -2.30. The molecule has 0 spiro atoms. The maximum atomic E-state index is 5.41. The highest BCUT2D eigenvalue weighted by Crippen LogP contribution is 2.40. The Morgan fingerprint density at radius 3 is 2.83 bits per heavy atom. The van der Waals surface area contributed by atoms with E-state index in [1.165, 1.54) is 25.7 Å². The third kappa shape index (κ3) is 3.31. The molecule has 0 bridgehead atoms. The minimum atomic E-state index is 0.406. The van der Waals surface area contributed by atoms with Gasteiger partial charge in [0.15, 0.2) is 0 Å². The van der Waals surface area contributed by atoms with E-state index in [0.717, 1.165) is 12.4 Å². The average Bonchev–Trinajstić information content (AvgIpc) is 2.87. The minimum Gasteiger partial charge on any atom is -0.478 e. The number of pyridine rings is 1. The monoisotopic (exact) mass is 266 g/mol. The summed E-state index contributed by atoms with van der Waals surface area (Å²) in [7, 11) is 0. The van der Waals surface area contributed by atoms with Crippen LogP contribution >= 0.6 is 11.8 Å². The van der Waals surface area contributed by atoms with Crippen LogP contribution < -0.4 is 10.1 Å². The van der Waals surface area contributed by atoms with Gasteiger partial charge in [-0.25, -0.2) is 0 Å². The summed E-state index contributed by atoms with van der Waals surface area (Å²) in [5, 5.41) is 3.47. The number of hydrogen-bond acceptors (Lipinski definition) is 4. The zero-order valence-corrected chi connectivity index (χ0v) is 12.1. The van der Waals surface area contributed by atoms with Crippen molar-refractivity contribution >= 4 is 17.6 Å². The molecular weight excluding hydrogens is 244 g/mol. The third-order valence-corrected chi connectivity index (χ3v) is 4.97. The second-order valence-corrected chi connectivity index (χ2v) is 6.02. The lowest BCUT2D eigenvalue weighted by atomic mass is 10.1. The second kappa shape index (κ2) is 6.32. The van der Waals surface area contributed by atoms with Crippen LogP contribution in [0.3, 0.4) is 0 Å². The van der Waals surface area contributed by atoms with Crippen LogP contribution in [0.15, 0.2) is 18.2 Å². The van der Waals surface area contributed by atoms with Gasteiger partial charge in [-0.2, -0.15) is 16.7 Å². The van der Waals surface area contributed by atoms with Crippen molar-refractivity contribution in [1.82, 2.24) is 4.98 Å². The molecular formula is C14H22N2OS. The van der Waals surface area contributed by atoms with Gasteiger partial charge in [-0.15, -0.1) is 0 Å². The van der Waals surface area contributed by atoms with Gasteiger partial charge in [0.1, 0.15) is 5.82 Å². The van der Waals surface area contributed by atoms with Gasteiger partial charge in [-0.3, -0.25) is 0 Å². The number of hydrogen-bond donors (Lipinski definition) is 1. The van der Waals surface area contributed by atoms with E-state index in [-0.39, 0.29) is 0 Å². The van der Waals surface area contributed by atoms with Gasteiger partial charge in [0.05, 0.1) is 6.61 Å². The molecule has 4 heteroatoms. The normalized spacial score (nSPS) is 17.7. The molecule has 1 aromatic heterocycles. The van der Waals surface area contributed by atoms with Gasteiger partial charge in [0.25, 0.3) is 0 Å². The summed E-state index contributed by atoms with van der Waals surface area (Å²) in [6.45, 7) is 3.63. The largest absolute Gasteiger partial charge is 0.478 e. The van der Waals surface area contributed by atoms with Crippen molar-refractivity contribution in [1.29, 1.82) is 0 Å². The van der Waals surface area contributed by atoms with Crippen LogP contribution in [-0.2, 0) is 0 Å². The van der Waals surface area contributed by atoms with Crippen LogP contribution in [0, 0.1) is 0 Å². The Labute approximate surface area is 114 Å². The van der Waals surface area contributed by atoms with E-state index in [1.807, 2.05) is 36.9 Å². The van der Waals surface area contributed by atoms with Crippen LogP contribution in [0.5, 0.6) is 5.88 Å². The maximum Gasteiger partial charge on any atom is 0.215 e. The van der Waals surface area contributed by atoms with Crippen LogP contribution in [0.1, 0.15) is 32.6 Å². The summed E-state index contributed by atoms with van der Waals surface area (Å²) < 4.78 is 5.82. The summed E-state index contributed by atoms with van der Waals surface area (Å²) in [4.78, 5) is 4.45. The summed E-state index contributed by atoms with van der Waals surface area (Å²) in [5.41, 5.74) is 0. The minimum absolute atomic E-state index is 0.406. The number of thioether (sulfide) groups is 1. The summed E-state index contributed by atoms with van der Waals surface area (Å²) >= 11 is 1.99. The number of nitrogens with one attached hydrogen (secondary N) is 1. The van der Waals surface area contributed by atoms with Crippen molar-refractivity contribution < 1.29 is 4.74 Å². The lowest BCUT2D eigenvalue weighted by molar-refractivity contribution is 0.327. The number of anilines is 1. The molecule has 1 fully saturated rings. The van der Waals surface area contributed by atoms with Gasteiger partial charge in [-0.1, -0.05) is 18.9 Å². The standard InChI is InChI=1S/C14H22N2OS/c1-3-17-13-8-6-7-12(16-13)15-11-14(18-2)9-4-5-10-14/h6-8H,3-5,9-11H2,1-2H3,(H,15,16). The summed E-state index contributed by atoms with van der Waals surface area (Å²) in [5.74, 6) is 1.62. The molecule has 0 aliphatic heterocycles. The van der Waals surface area contributed by atoms with Crippen LogP contribution in [0.25, 0.3) is 0 Å². The molecule has 1 aliphatic carbocycles. The summed E-state index contributed by atoms with van der Waals surface area (Å²) in [6.07, 6.45) is 7.56. The molecule has 0 amide bonds. The predicted molar refractivity (Wildman–Crippen MR) is 78.6 cm³/mol. The molecule has 0 saturated heterocycles. The molecule has 3 nitrogen and oxygen atoms in total. The van der Waals surface area contributed by atoms with Crippen molar-refractivity contribution in [3.8, 4) is 5.88 Å². The van der Waals surface area contributed by atoms with E-state index in [9.17, 15) is 0 Å². The van der Waals surface area contributed by atoms with Gasteiger partial charge in [-0.05, 0) is 32.1 Å². The number of aromatic nitrogens is 1. The molecule has 0 unspecified atom stereocenters. The quantitative estimate of drug-likeness (QED) is 0.853. The Morgan fingerprint density at radius 2 is 2.17 bits per heavy atom. The topological polar surface area (TPSA) is 34.1 Å². The Kier molecular flexibility index (Phi) is 4.75. The molecule has 0 aromatic carbocycles. The van der Waals surface area contributed by atoms with Crippen molar-refractivity contribution in [2.24, 2.45) is 0 Å². The molecule has 1 heterocycles. The summed E-state index contributed by atoms with van der Waals surface area (Å²) in [6, 6.07) is 5.89. The molecule has 18 heavy (non-hydrogen) atoms. The van der Waals surface area contributed by atoms with Crippen LogP contribution in [-0.4, -0.2) is 29.1 Å². The van der Waals surface area contributed by atoms with Gasteiger partial charge in [0.2, 0.25) is 5.88 Å². The lowest BCUT2D eigenvalue weighted by Gasteiger charge is -2.27. The molecule has 100 valence electrons. The van der Waals surface area contributed by atoms with E-state index in [1.54, 1.807) is 0 Å². The SMILES string of the molecule is CCOc1cccc(NCC2(SC)CCCC2)n1. The molecule has 2 rings (SSSR count). The average molecular weight is 266 g/mol. The molecule has 1 N–H and O–H groups in total. The van der Waals surface area contributed by atoms with Gasteiger partial charge < -0.3 is 10.1 Å². The molecule has 0 atom stereocenters. The van der Waals surface area contributed by atoms with Crippen LogP contribution in [0.4, 0.5) is 5.82 Å². The van der Waals surface area contributed by atoms with Crippen molar-refractivity contribution in [2.75, 3.05) is 24.7 Å². The fourth-order valence-corrected chi connectivity index (χ4v) is 3.38. The second-order valence-electron chi connectivity index (χ2n) is 4.74. The fraction of sp³-hybridized carbons (Fsp3) is 0.643. The van der Waals surface area contributed by atoms with E-state index in [0.29, 0.717) is 17.2 Å². The number of rotatable bonds is 6. The highest BCUT2D eigenvalue weighted by molar-refractivity contribution is 8.00. The number of ether oxygens (including phenoxy) is 1. The van der Waals surface area contributed by atoms with Gasteiger partial charge in [0, 0.05) is 17.4 Å². The first-order chi connectivity index (χ1) is 8.78. The highest BCUT2D eigenvalue weighted by atomic mass is 32.2. The first kappa shape index (κ1) is 13.5. The van der Waals surface area contributed by atoms with Crippen molar-refractivity contribution in [3.05, 3.63) is 18.2 Å². The van der Waals surface area contributed by atoms with E-state index in [4.69, 9.17) is 4.74 Å². The highest BCUT2D eigenvalue weighted by Gasteiger charge is 2.32. The Balaban J connectivity index is 1.94. The first-order valence-corrected chi connectivity index (χ1v) is 7.89. The third-order valence-electron chi connectivity index (χ3n) is 3.56. The fourth-order valence-electron chi connectivity index (χ4n) is 2.47. The predicted octanol–water partition coefficient (Wildman–Crippen LogP) is 3.57. The molecule has 1 aliphatic rings. The zero-order chi connectivity index (χ0) is 12.8. The van der Waals surface area contributed by atoms with E-state index < -0.39 is 0 Å². The molecule has 0 radical (unpaired) electrons. The zero-order valence-electron chi connectivity index (χ0n) is 11.2. The Morgan fingerprint density at radius 1 is 1.39 bits per heavy atom. The van der Waals surface area contributed by atoms with Crippen molar-refractivity contribution in [2.45, 2.75) is 37.4 Å².